The van der Waals surface area contributed by atoms with Crippen molar-refractivity contribution in [2.75, 3.05) is 12.4 Å². The number of benzene rings is 1. The van der Waals surface area contributed by atoms with Gasteiger partial charge in [0, 0.05) is 12.5 Å². The van der Waals surface area contributed by atoms with Gasteiger partial charge >= 0.3 is 6.09 Å². The van der Waals surface area contributed by atoms with Crippen molar-refractivity contribution < 1.29 is 14.3 Å². The van der Waals surface area contributed by atoms with E-state index in [1.165, 1.54) is 19.5 Å². The predicted molar refractivity (Wildman–Crippen MR) is 91.4 cm³/mol. The summed E-state index contributed by atoms with van der Waals surface area (Å²) in [4.78, 5) is 23.8. The number of hydrogen-bond donors (Lipinski definition) is 2. The second-order valence-electron chi connectivity index (χ2n) is 5.95. The van der Waals surface area contributed by atoms with E-state index < -0.39 is 6.09 Å². The number of ether oxygens (including phenoxy) is 1. The van der Waals surface area contributed by atoms with E-state index in [-0.39, 0.29) is 27.1 Å². The number of amides is 2. The average Bonchev–Trinajstić information content (AvgIpc) is 2.54. The highest BCUT2D eigenvalue weighted by atomic mass is 35.5. The van der Waals surface area contributed by atoms with Gasteiger partial charge in [-0.15, -0.1) is 0 Å². The van der Waals surface area contributed by atoms with Crippen molar-refractivity contribution in [1.29, 1.82) is 0 Å². The van der Waals surface area contributed by atoms with E-state index in [1.807, 2.05) is 6.92 Å². The Morgan fingerprint density at radius 3 is 2.39 bits per heavy atom. The summed E-state index contributed by atoms with van der Waals surface area (Å²) in [5.41, 5.74) is 0.0309. The number of carbonyl (C=O) groups is 2. The molecule has 23 heavy (non-hydrogen) atoms. The minimum absolute atomic E-state index is 0.0601. The average molecular weight is 359 g/mol. The Morgan fingerprint density at radius 1 is 1.13 bits per heavy atom. The van der Waals surface area contributed by atoms with Gasteiger partial charge in [-0.2, -0.15) is 0 Å². The molecular formula is C16H20Cl2N2O3. The first kappa shape index (κ1) is 17.9. The van der Waals surface area contributed by atoms with Crippen LogP contribution in [0.2, 0.25) is 10.0 Å². The van der Waals surface area contributed by atoms with Crippen molar-refractivity contribution >= 4 is 40.9 Å². The number of anilines is 1. The minimum atomic E-state index is -0.644. The van der Waals surface area contributed by atoms with E-state index in [0.717, 1.165) is 25.7 Å². The van der Waals surface area contributed by atoms with Gasteiger partial charge in [-0.05, 0) is 25.0 Å². The Bertz CT molecular complexity index is 614. The lowest BCUT2D eigenvalue weighted by atomic mass is 9.75. The molecule has 0 unspecified atom stereocenters. The molecule has 5 nitrogen and oxygen atoms in total. The van der Waals surface area contributed by atoms with E-state index in [1.54, 1.807) is 6.07 Å². The van der Waals surface area contributed by atoms with Crippen LogP contribution in [0.4, 0.5) is 10.5 Å². The zero-order valence-electron chi connectivity index (χ0n) is 13.2. The molecule has 1 saturated carbocycles. The number of rotatable bonds is 3. The number of carbonyl (C=O) groups excluding carboxylic acids is 2. The molecule has 0 saturated heterocycles. The summed E-state index contributed by atoms with van der Waals surface area (Å²) in [7, 11) is 1.44. The maximum atomic E-state index is 12.6. The first-order valence-corrected chi connectivity index (χ1v) is 8.32. The number of hydrogen-bond acceptors (Lipinski definition) is 3. The smallest absolute Gasteiger partial charge is 0.409 e. The summed E-state index contributed by atoms with van der Waals surface area (Å²) in [6.45, 7) is 1.97. The molecule has 1 aliphatic rings. The topological polar surface area (TPSA) is 67.4 Å². The van der Waals surface area contributed by atoms with Gasteiger partial charge in [0.25, 0.3) is 0 Å². The predicted octanol–water partition coefficient (Wildman–Crippen LogP) is 4.62. The van der Waals surface area contributed by atoms with E-state index in [4.69, 9.17) is 27.9 Å². The molecule has 0 atom stereocenters. The quantitative estimate of drug-likeness (QED) is 0.828. The van der Waals surface area contributed by atoms with Crippen LogP contribution in [0, 0.1) is 5.41 Å². The molecule has 0 aromatic heterocycles. The van der Waals surface area contributed by atoms with Crippen LogP contribution in [0.15, 0.2) is 12.1 Å². The molecule has 126 valence electrons. The highest BCUT2D eigenvalue weighted by molar-refractivity contribution is 6.45. The van der Waals surface area contributed by atoms with Crippen molar-refractivity contribution in [3.63, 3.8) is 0 Å². The molecule has 0 bridgehead atoms. The highest BCUT2D eigenvalue weighted by Crippen LogP contribution is 2.40. The Labute approximate surface area is 145 Å². The molecule has 0 aliphatic heterocycles. The fraction of sp³-hybridized carbons (Fsp3) is 0.500. The molecule has 7 heteroatoms. The van der Waals surface area contributed by atoms with Crippen LogP contribution in [0.1, 0.15) is 39.0 Å². The Hall–Kier alpha value is -1.46. The number of nitrogens with one attached hydrogen (secondary N) is 2. The lowest BCUT2D eigenvalue weighted by molar-refractivity contribution is -0.126. The molecule has 1 fully saturated rings. The van der Waals surface area contributed by atoms with Crippen LogP contribution in [-0.4, -0.2) is 19.0 Å². The molecular weight excluding hydrogens is 339 g/mol. The highest BCUT2D eigenvalue weighted by Gasteiger charge is 2.34. The van der Waals surface area contributed by atoms with Gasteiger partial charge < -0.3 is 15.4 Å². The largest absolute Gasteiger partial charge is 0.412 e. The van der Waals surface area contributed by atoms with E-state index >= 15 is 0 Å². The molecule has 1 aliphatic carbocycles. The normalized spacial score (nSPS) is 16.5. The van der Waals surface area contributed by atoms with Crippen molar-refractivity contribution in [3.8, 4) is 5.75 Å². The molecule has 0 radical (unpaired) electrons. The van der Waals surface area contributed by atoms with Crippen LogP contribution in [0.3, 0.4) is 0 Å². The summed E-state index contributed by atoms with van der Waals surface area (Å²) in [5.74, 6) is 0.0769. The van der Waals surface area contributed by atoms with E-state index in [9.17, 15) is 9.59 Å². The monoisotopic (exact) mass is 358 g/mol. The van der Waals surface area contributed by atoms with Crippen molar-refractivity contribution in [2.45, 2.75) is 39.0 Å². The van der Waals surface area contributed by atoms with Crippen molar-refractivity contribution in [2.24, 2.45) is 5.41 Å². The van der Waals surface area contributed by atoms with Crippen LogP contribution >= 0.6 is 23.2 Å². The first-order valence-electron chi connectivity index (χ1n) is 7.56. The fourth-order valence-corrected chi connectivity index (χ4v) is 3.10. The zero-order valence-corrected chi connectivity index (χ0v) is 14.7. The SMILES string of the molecule is CNC(=O)Oc1ccc(NC(=O)C2(C)CCCCC2)c(Cl)c1Cl. The lowest BCUT2D eigenvalue weighted by Crippen LogP contribution is -2.35. The van der Waals surface area contributed by atoms with Crippen LogP contribution in [-0.2, 0) is 4.79 Å². The first-order chi connectivity index (χ1) is 10.9. The molecule has 0 heterocycles. The molecule has 2 amide bonds. The summed E-state index contributed by atoms with van der Waals surface area (Å²) >= 11 is 12.3. The molecule has 1 aromatic carbocycles. The Balaban J connectivity index is 2.16. The standard InChI is InChI=1S/C16H20Cl2N2O3/c1-16(8-4-3-5-9-16)14(21)20-10-6-7-11(13(18)12(10)17)23-15(22)19-2/h6-7H,3-5,8-9H2,1-2H3,(H,19,22)(H,20,21). The van der Waals surface area contributed by atoms with E-state index in [0.29, 0.717) is 5.69 Å². The maximum absolute atomic E-state index is 12.6. The summed E-state index contributed by atoms with van der Waals surface area (Å²) in [6.07, 6.45) is 4.36. The molecule has 0 spiro atoms. The van der Waals surface area contributed by atoms with Gasteiger partial charge in [-0.25, -0.2) is 4.79 Å². The Kier molecular flexibility index (Phi) is 5.76. The number of halogens is 2. The maximum Gasteiger partial charge on any atom is 0.412 e. The summed E-state index contributed by atoms with van der Waals surface area (Å²) < 4.78 is 4.99. The van der Waals surface area contributed by atoms with Gasteiger partial charge in [-0.1, -0.05) is 49.4 Å². The van der Waals surface area contributed by atoms with Crippen molar-refractivity contribution in [3.05, 3.63) is 22.2 Å². The van der Waals surface area contributed by atoms with Crippen LogP contribution in [0.5, 0.6) is 5.75 Å². The van der Waals surface area contributed by atoms with Gasteiger partial charge in [-0.3, -0.25) is 4.79 Å². The second-order valence-corrected chi connectivity index (χ2v) is 6.71. The van der Waals surface area contributed by atoms with Gasteiger partial charge in [0.1, 0.15) is 5.02 Å². The Morgan fingerprint density at radius 2 is 1.78 bits per heavy atom. The molecule has 1 aromatic rings. The van der Waals surface area contributed by atoms with E-state index in [2.05, 4.69) is 10.6 Å². The summed E-state index contributed by atoms with van der Waals surface area (Å²) in [6, 6.07) is 3.08. The third-order valence-corrected chi connectivity index (χ3v) is 5.07. The lowest BCUT2D eigenvalue weighted by Gasteiger charge is -2.32. The van der Waals surface area contributed by atoms with Gasteiger partial charge in [0.05, 0.1) is 10.7 Å². The van der Waals surface area contributed by atoms with Crippen LogP contribution in [0.25, 0.3) is 0 Å². The van der Waals surface area contributed by atoms with Gasteiger partial charge in [0.15, 0.2) is 5.75 Å². The summed E-state index contributed by atoms with van der Waals surface area (Å²) in [5, 5.41) is 5.41. The van der Waals surface area contributed by atoms with Gasteiger partial charge in [0.2, 0.25) is 5.91 Å². The molecule has 2 N–H and O–H groups in total. The third kappa shape index (κ3) is 4.09. The van der Waals surface area contributed by atoms with Crippen LogP contribution < -0.4 is 15.4 Å². The molecule has 2 rings (SSSR count). The third-order valence-electron chi connectivity index (χ3n) is 4.21. The minimum Gasteiger partial charge on any atom is -0.409 e. The zero-order chi connectivity index (χ0) is 17.0. The second kappa shape index (κ2) is 7.41. The van der Waals surface area contributed by atoms with Crippen molar-refractivity contribution in [1.82, 2.24) is 5.32 Å². The fourth-order valence-electron chi connectivity index (χ4n) is 2.69.